The first-order valence-electron chi connectivity index (χ1n) is 4.18. The van der Waals surface area contributed by atoms with E-state index < -0.39 is 0 Å². The van der Waals surface area contributed by atoms with E-state index in [9.17, 15) is 0 Å². The Hall–Kier alpha value is -0.915. The molecule has 0 aromatic heterocycles. The monoisotopic (exact) mass is 163 g/mol. The summed E-state index contributed by atoms with van der Waals surface area (Å²) < 4.78 is 0. The smallest absolute Gasteiger partial charge is 0.0814 e. The number of hydrogen-bond donors (Lipinski definition) is 0. The molecule has 0 saturated carbocycles. The van der Waals surface area contributed by atoms with Gasteiger partial charge in [0.25, 0.3) is 0 Å². The highest BCUT2D eigenvalue weighted by Gasteiger charge is 1.97. The first kappa shape index (κ1) is 11.1. The predicted molar refractivity (Wildman–Crippen MR) is 59.9 cm³/mol. The number of benzene rings is 1. The molecule has 1 rings (SSSR count). The molecule has 0 radical (unpaired) electrons. The van der Waals surface area contributed by atoms with Crippen molar-refractivity contribution in [3.63, 3.8) is 0 Å². The Labute approximate surface area is 77.0 Å². The molecule has 0 fully saturated rings. The zero-order valence-corrected chi connectivity index (χ0v) is 7.25. The first-order valence-corrected chi connectivity index (χ1v) is 4.18. The standard InChI is InChI=1S/C10H15N.BH3/c1-3-11(4-2)10-8-6-5-7-9-10;/h5-9H,3-4H2,1-2H3;1H3. The van der Waals surface area contributed by atoms with E-state index in [0.717, 1.165) is 13.1 Å². The SMILES string of the molecule is B.CCN(CC)c1ccccc1. The lowest BCUT2D eigenvalue weighted by Gasteiger charge is -2.20. The molecule has 0 atom stereocenters. The molecule has 66 valence electrons. The highest BCUT2D eigenvalue weighted by atomic mass is 15.1. The molecule has 0 aliphatic carbocycles. The summed E-state index contributed by atoms with van der Waals surface area (Å²) in [5, 5.41) is 0. The van der Waals surface area contributed by atoms with Crippen molar-refractivity contribution in [1.29, 1.82) is 0 Å². The third kappa shape index (κ3) is 2.61. The second-order valence-electron chi connectivity index (χ2n) is 2.51. The normalized spacial score (nSPS) is 8.83. The molecule has 1 aromatic carbocycles. The van der Waals surface area contributed by atoms with Crippen molar-refractivity contribution >= 4 is 14.1 Å². The van der Waals surface area contributed by atoms with Crippen molar-refractivity contribution in [3.05, 3.63) is 30.3 Å². The van der Waals surface area contributed by atoms with Crippen LogP contribution in [0.4, 0.5) is 5.69 Å². The maximum Gasteiger partial charge on any atom is 0.0814 e. The van der Waals surface area contributed by atoms with Crippen LogP contribution in [0.15, 0.2) is 30.3 Å². The van der Waals surface area contributed by atoms with Gasteiger partial charge in [0.1, 0.15) is 0 Å². The molecule has 0 amide bonds. The van der Waals surface area contributed by atoms with Gasteiger partial charge in [-0.25, -0.2) is 0 Å². The van der Waals surface area contributed by atoms with E-state index >= 15 is 0 Å². The van der Waals surface area contributed by atoms with Crippen LogP contribution < -0.4 is 4.90 Å². The summed E-state index contributed by atoms with van der Waals surface area (Å²) in [6.45, 7) is 6.52. The lowest BCUT2D eigenvalue weighted by atomic mass is 10.3. The minimum atomic E-state index is 0. The van der Waals surface area contributed by atoms with Gasteiger partial charge >= 0.3 is 0 Å². The van der Waals surface area contributed by atoms with Crippen LogP contribution in [0, 0.1) is 0 Å². The van der Waals surface area contributed by atoms with Gasteiger partial charge in [-0.05, 0) is 26.0 Å². The molecule has 0 aliphatic heterocycles. The van der Waals surface area contributed by atoms with Crippen molar-refractivity contribution in [2.75, 3.05) is 18.0 Å². The average Bonchev–Trinajstić information content (AvgIpc) is 2.09. The van der Waals surface area contributed by atoms with E-state index in [-0.39, 0.29) is 8.41 Å². The van der Waals surface area contributed by atoms with Crippen LogP contribution in [0.3, 0.4) is 0 Å². The molecule has 0 aliphatic rings. The summed E-state index contributed by atoms with van der Waals surface area (Å²) in [5.74, 6) is 0. The Kier molecular flexibility index (Phi) is 5.26. The molecule has 0 heterocycles. The van der Waals surface area contributed by atoms with Crippen LogP contribution in [0.2, 0.25) is 0 Å². The predicted octanol–water partition coefficient (Wildman–Crippen LogP) is 1.35. The number of hydrogen-bond acceptors (Lipinski definition) is 1. The van der Waals surface area contributed by atoms with Gasteiger partial charge in [0.05, 0.1) is 8.41 Å². The first-order chi connectivity index (χ1) is 5.38. The quantitative estimate of drug-likeness (QED) is 0.608. The number of nitrogens with zero attached hydrogens (tertiary/aromatic N) is 1. The van der Waals surface area contributed by atoms with Gasteiger partial charge < -0.3 is 4.90 Å². The summed E-state index contributed by atoms with van der Waals surface area (Å²) in [7, 11) is 0. The maximum absolute atomic E-state index is 2.33. The fourth-order valence-electron chi connectivity index (χ4n) is 1.23. The third-order valence-electron chi connectivity index (χ3n) is 1.88. The van der Waals surface area contributed by atoms with E-state index in [1.54, 1.807) is 0 Å². The maximum atomic E-state index is 2.33. The zero-order chi connectivity index (χ0) is 8.10. The third-order valence-corrected chi connectivity index (χ3v) is 1.88. The molecule has 0 saturated heterocycles. The minimum Gasteiger partial charge on any atom is -0.372 e. The number of anilines is 1. The van der Waals surface area contributed by atoms with Crippen LogP contribution in [0.5, 0.6) is 0 Å². The highest BCUT2D eigenvalue weighted by Crippen LogP contribution is 2.11. The lowest BCUT2D eigenvalue weighted by Crippen LogP contribution is -2.21. The van der Waals surface area contributed by atoms with E-state index in [2.05, 4.69) is 43.0 Å². The van der Waals surface area contributed by atoms with Crippen molar-refractivity contribution < 1.29 is 0 Å². The van der Waals surface area contributed by atoms with Crippen molar-refractivity contribution in [2.24, 2.45) is 0 Å². The van der Waals surface area contributed by atoms with Gasteiger partial charge in [-0.15, -0.1) is 0 Å². The second kappa shape index (κ2) is 5.70. The van der Waals surface area contributed by atoms with E-state index in [0.29, 0.717) is 0 Å². The van der Waals surface area contributed by atoms with E-state index in [4.69, 9.17) is 0 Å². The molecule has 12 heavy (non-hydrogen) atoms. The molecule has 0 spiro atoms. The van der Waals surface area contributed by atoms with Crippen LogP contribution in [0.1, 0.15) is 13.8 Å². The molecule has 0 N–H and O–H groups in total. The van der Waals surface area contributed by atoms with Gasteiger partial charge in [-0.3, -0.25) is 0 Å². The summed E-state index contributed by atoms with van der Waals surface area (Å²) in [5.41, 5.74) is 1.32. The van der Waals surface area contributed by atoms with Gasteiger partial charge in [0, 0.05) is 18.8 Å². The van der Waals surface area contributed by atoms with Gasteiger partial charge in [-0.1, -0.05) is 18.2 Å². The van der Waals surface area contributed by atoms with Gasteiger partial charge in [0.2, 0.25) is 0 Å². The lowest BCUT2D eigenvalue weighted by molar-refractivity contribution is 0.866. The molecule has 1 aromatic rings. The largest absolute Gasteiger partial charge is 0.372 e. The Balaban J connectivity index is 0.00000121. The number of rotatable bonds is 3. The molecular formula is C10H18BN. The van der Waals surface area contributed by atoms with Crippen molar-refractivity contribution in [2.45, 2.75) is 13.8 Å². The highest BCUT2D eigenvalue weighted by molar-refractivity contribution is 5.75. The number of para-hydroxylation sites is 1. The summed E-state index contributed by atoms with van der Waals surface area (Å²) >= 11 is 0. The Morgan fingerprint density at radius 2 is 1.50 bits per heavy atom. The van der Waals surface area contributed by atoms with Crippen LogP contribution in [-0.2, 0) is 0 Å². The van der Waals surface area contributed by atoms with Crippen LogP contribution in [0.25, 0.3) is 0 Å². The fraction of sp³-hybridized carbons (Fsp3) is 0.400. The van der Waals surface area contributed by atoms with E-state index in [1.807, 2.05) is 6.07 Å². The van der Waals surface area contributed by atoms with Crippen LogP contribution >= 0.6 is 0 Å². The van der Waals surface area contributed by atoms with Crippen LogP contribution in [-0.4, -0.2) is 21.5 Å². The molecule has 0 unspecified atom stereocenters. The molecule has 2 heteroatoms. The second-order valence-corrected chi connectivity index (χ2v) is 2.51. The topological polar surface area (TPSA) is 3.24 Å². The molecular weight excluding hydrogens is 145 g/mol. The Bertz CT molecular complexity index is 194. The Morgan fingerprint density at radius 1 is 1.00 bits per heavy atom. The van der Waals surface area contributed by atoms with E-state index in [1.165, 1.54) is 5.69 Å². The fourth-order valence-corrected chi connectivity index (χ4v) is 1.23. The molecule has 1 nitrogen and oxygen atoms in total. The molecule has 0 bridgehead atoms. The summed E-state index contributed by atoms with van der Waals surface area (Å²) in [6, 6.07) is 10.5. The van der Waals surface area contributed by atoms with Crippen molar-refractivity contribution in [1.82, 2.24) is 0 Å². The summed E-state index contributed by atoms with van der Waals surface area (Å²) in [4.78, 5) is 2.33. The zero-order valence-electron chi connectivity index (χ0n) is 7.25. The Morgan fingerprint density at radius 3 is 1.92 bits per heavy atom. The average molecular weight is 163 g/mol. The van der Waals surface area contributed by atoms with Crippen molar-refractivity contribution in [3.8, 4) is 0 Å². The van der Waals surface area contributed by atoms with Gasteiger partial charge in [0.15, 0.2) is 0 Å². The minimum absolute atomic E-state index is 0. The summed E-state index contributed by atoms with van der Waals surface area (Å²) in [6.07, 6.45) is 0. The van der Waals surface area contributed by atoms with Gasteiger partial charge in [-0.2, -0.15) is 0 Å².